The van der Waals surface area contributed by atoms with E-state index in [1.165, 1.54) is 16.6 Å². The number of amidine groups is 1. The summed E-state index contributed by atoms with van der Waals surface area (Å²) in [5.74, 6) is 13.0. The highest BCUT2D eigenvalue weighted by Gasteiger charge is 2.17. The Hall–Kier alpha value is -3.43. The van der Waals surface area contributed by atoms with Gasteiger partial charge in [0.05, 0.1) is 25.0 Å². The highest BCUT2D eigenvalue weighted by molar-refractivity contribution is 6.03. The Morgan fingerprint density at radius 1 is 1.15 bits per heavy atom. The van der Waals surface area contributed by atoms with Crippen molar-refractivity contribution in [1.82, 2.24) is 14.9 Å². The van der Waals surface area contributed by atoms with Crippen molar-refractivity contribution in [2.75, 3.05) is 33.5 Å². The molecule has 1 heterocycles. The Labute approximate surface area is 202 Å². The first kappa shape index (κ1) is 28.6. The number of rotatable bonds is 8. The van der Waals surface area contributed by atoms with Crippen molar-refractivity contribution >= 4 is 11.7 Å². The van der Waals surface area contributed by atoms with Gasteiger partial charge < -0.3 is 21.2 Å². The van der Waals surface area contributed by atoms with Gasteiger partial charge in [-0.15, -0.1) is 0 Å². The van der Waals surface area contributed by atoms with Crippen molar-refractivity contribution in [1.29, 1.82) is 0 Å². The first-order chi connectivity index (χ1) is 16.2. The van der Waals surface area contributed by atoms with Gasteiger partial charge in [-0.3, -0.25) is 5.01 Å². The molecule has 1 aromatic heterocycles. The third-order valence-electron chi connectivity index (χ3n) is 4.90. The lowest BCUT2D eigenvalue weighted by molar-refractivity contribution is 0.254. The number of benzene rings is 1. The van der Waals surface area contributed by atoms with Gasteiger partial charge >= 0.3 is 0 Å². The second kappa shape index (κ2) is 14.7. The minimum atomic E-state index is -0.0324. The quantitative estimate of drug-likeness (QED) is 0.175. The number of aromatic nitrogens is 1. The van der Waals surface area contributed by atoms with E-state index >= 15 is 0 Å². The van der Waals surface area contributed by atoms with Gasteiger partial charge in [-0.25, -0.2) is 15.2 Å². The number of hydrogen-bond acceptors (Lipinski definition) is 7. The highest BCUT2D eigenvalue weighted by Crippen LogP contribution is 2.24. The molecule has 0 aliphatic heterocycles. The number of allylic oxidation sites excluding steroid dienone is 3. The molecule has 0 radical (unpaired) electrons. The average Bonchev–Trinajstić information content (AvgIpc) is 2.84. The van der Waals surface area contributed by atoms with Crippen LogP contribution in [0.15, 0.2) is 65.4 Å². The van der Waals surface area contributed by atoms with Crippen molar-refractivity contribution in [3.63, 3.8) is 0 Å². The van der Waals surface area contributed by atoms with Gasteiger partial charge in [-0.2, -0.15) is 5.10 Å². The smallest absolute Gasteiger partial charge is 0.173 e. The summed E-state index contributed by atoms with van der Waals surface area (Å²) in [4.78, 5) is 6.42. The molecule has 1 aromatic carbocycles. The Morgan fingerprint density at radius 3 is 2.24 bits per heavy atom. The predicted molar refractivity (Wildman–Crippen MR) is 139 cm³/mol. The van der Waals surface area contributed by atoms with Gasteiger partial charge in [0.2, 0.25) is 0 Å². The summed E-state index contributed by atoms with van der Waals surface area (Å²) in [5, 5.41) is 5.22. The van der Waals surface area contributed by atoms with E-state index in [1.807, 2.05) is 33.2 Å². The molecule has 0 unspecified atom stereocenters. The number of hydrogen-bond donors (Lipinski definition) is 3. The lowest BCUT2D eigenvalue weighted by Gasteiger charge is -2.22. The normalized spacial score (nSPS) is 12.3. The molecule has 2 aromatic rings. The maximum Gasteiger partial charge on any atom is 0.173 e. The van der Waals surface area contributed by atoms with E-state index in [4.69, 9.17) is 22.2 Å². The number of nitrogens with two attached hydrogens (primary N) is 3. The highest BCUT2D eigenvalue weighted by atomic mass is 19.1. The number of nitrogens with zero attached hydrogens (tertiary/aromatic N) is 4. The van der Waals surface area contributed by atoms with Gasteiger partial charge in [0.25, 0.3) is 0 Å². The van der Waals surface area contributed by atoms with E-state index in [1.54, 1.807) is 27.2 Å². The molecule has 0 aliphatic carbocycles. The topological polar surface area (TPSA) is 119 Å². The van der Waals surface area contributed by atoms with Crippen molar-refractivity contribution in [3.8, 4) is 11.1 Å². The molecular formula is C25H38FN7O. The maximum absolute atomic E-state index is 11.7. The summed E-state index contributed by atoms with van der Waals surface area (Å²) >= 11 is 0. The van der Waals surface area contributed by atoms with Crippen LogP contribution in [0.5, 0.6) is 0 Å². The third-order valence-corrected chi connectivity index (χ3v) is 4.90. The molecule has 6 N–H and O–H groups in total. The van der Waals surface area contributed by atoms with Crippen molar-refractivity contribution in [2.45, 2.75) is 33.7 Å². The Balaban J connectivity index is 0.000000852. The molecule has 0 saturated carbocycles. The fourth-order valence-corrected chi connectivity index (χ4v) is 3.00. The van der Waals surface area contributed by atoms with Crippen LogP contribution in [0.3, 0.4) is 0 Å². The number of hydrazine groups is 1. The summed E-state index contributed by atoms with van der Waals surface area (Å²) in [5.41, 5.74) is 9.78. The Morgan fingerprint density at radius 2 is 1.79 bits per heavy atom. The molecule has 0 aliphatic rings. The fourth-order valence-electron chi connectivity index (χ4n) is 3.00. The molecule has 34 heavy (non-hydrogen) atoms. The van der Waals surface area contributed by atoms with Crippen LogP contribution in [-0.2, 0) is 11.3 Å². The zero-order valence-corrected chi connectivity index (χ0v) is 21.0. The van der Waals surface area contributed by atoms with Gasteiger partial charge in [-0.1, -0.05) is 37.3 Å². The van der Waals surface area contributed by atoms with Crippen LogP contribution in [0, 0.1) is 0 Å². The summed E-state index contributed by atoms with van der Waals surface area (Å²) in [7, 11) is 5.66. The summed E-state index contributed by atoms with van der Waals surface area (Å²) < 4.78 is 17.0. The summed E-state index contributed by atoms with van der Waals surface area (Å²) in [6, 6.07) is 10.2. The van der Waals surface area contributed by atoms with Gasteiger partial charge in [0.15, 0.2) is 5.84 Å². The predicted octanol–water partition coefficient (Wildman–Crippen LogP) is 4.01. The van der Waals surface area contributed by atoms with Crippen LogP contribution in [0.2, 0.25) is 0 Å². The van der Waals surface area contributed by atoms with E-state index in [0.717, 1.165) is 17.7 Å². The van der Waals surface area contributed by atoms with Crippen molar-refractivity contribution in [3.05, 3.63) is 71.4 Å². The van der Waals surface area contributed by atoms with E-state index in [0.29, 0.717) is 35.9 Å². The molecule has 8 nitrogen and oxygen atoms in total. The monoisotopic (exact) mass is 471 g/mol. The molecular weight excluding hydrogens is 433 g/mol. The number of nitrogen functional groups attached to an aromatic ring is 1. The number of anilines is 1. The number of methoxy groups -OCH3 is 1. The van der Waals surface area contributed by atoms with Gasteiger partial charge in [0, 0.05) is 18.3 Å². The third kappa shape index (κ3) is 8.84. The molecule has 0 saturated heterocycles. The fraction of sp³-hybridized carbons (Fsp3) is 0.360. The van der Waals surface area contributed by atoms with Crippen LogP contribution in [0.25, 0.3) is 11.1 Å². The summed E-state index contributed by atoms with van der Waals surface area (Å²) in [6.45, 7) is 6.52. The number of hydrazone groups is 1. The zero-order valence-electron chi connectivity index (χ0n) is 21.0. The van der Waals surface area contributed by atoms with Crippen molar-refractivity contribution in [2.24, 2.45) is 16.8 Å². The summed E-state index contributed by atoms with van der Waals surface area (Å²) in [6.07, 6.45) is 5.54. The van der Waals surface area contributed by atoms with Crippen molar-refractivity contribution < 1.29 is 9.13 Å². The lowest BCUT2D eigenvalue weighted by Crippen LogP contribution is -2.40. The standard InChI is InChI=1S/C20H29N7O.C5H9F/c1-5-17(28-4)13-27(23)20(25-22)18-10-16(11-24-19(18)21)15-8-6-14(7-9-15)12-26(2)3;1-3-5(6)4-2/h5-11H,12-13,22-23H2,1-4H3,(H2,21,24);3H,4H2,1-2H3/b17-5+,25-20-;5-3+. The molecule has 186 valence electrons. The van der Waals surface area contributed by atoms with Gasteiger partial charge in [0.1, 0.15) is 11.6 Å². The number of ether oxygens (including phenoxy) is 1. The number of pyridine rings is 1. The maximum atomic E-state index is 11.7. The van der Waals surface area contributed by atoms with Crippen LogP contribution >= 0.6 is 0 Å². The molecule has 0 bridgehead atoms. The van der Waals surface area contributed by atoms with E-state index in [-0.39, 0.29) is 5.83 Å². The van der Waals surface area contributed by atoms with Crippen LogP contribution in [0.1, 0.15) is 38.3 Å². The minimum absolute atomic E-state index is 0.0324. The van der Waals surface area contributed by atoms with E-state index in [2.05, 4.69) is 39.3 Å². The molecule has 0 amide bonds. The molecule has 2 rings (SSSR count). The van der Waals surface area contributed by atoms with Crippen LogP contribution < -0.4 is 17.4 Å². The van der Waals surface area contributed by atoms with Gasteiger partial charge in [-0.05, 0) is 57.6 Å². The zero-order chi connectivity index (χ0) is 25.7. The largest absolute Gasteiger partial charge is 0.499 e. The average molecular weight is 472 g/mol. The molecule has 0 spiro atoms. The molecule has 0 atom stereocenters. The lowest BCUT2D eigenvalue weighted by atomic mass is 10.0. The number of halogens is 1. The van der Waals surface area contributed by atoms with E-state index in [9.17, 15) is 4.39 Å². The first-order valence-electron chi connectivity index (χ1n) is 11.0. The second-order valence-corrected chi connectivity index (χ2v) is 7.72. The Bertz CT molecular complexity index is 985. The molecule has 0 fully saturated rings. The van der Waals surface area contributed by atoms with Crippen LogP contribution in [0.4, 0.5) is 10.2 Å². The molecule has 9 heteroatoms. The van der Waals surface area contributed by atoms with E-state index < -0.39 is 0 Å². The second-order valence-electron chi connectivity index (χ2n) is 7.72. The minimum Gasteiger partial charge on any atom is -0.499 e. The Kier molecular flexibility index (Phi) is 12.3. The van der Waals surface area contributed by atoms with Crippen LogP contribution in [-0.4, -0.2) is 48.5 Å². The SMILES string of the molecule is C/C=C(/F)CC.C/C=C(\CN(N)/C(=N\N)c1cc(-c2ccc(CN(C)C)cc2)cnc1N)OC. The first-order valence-corrected chi connectivity index (χ1v) is 11.0.